The first-order valence-electron chi connectivity index (χ1n) is 6.48. The first-order valence-corrected chi connectivity index (χ1v) is 6.48. The second-order valence-corrected chi connectivity index (χ2v) is 4.30. The Morgan fingerprint density at radius 3 is 2.87 bits per heavy atom. The lowest BCUT2D eigenvalue weighted by molar-refractivity contribution is -0.402. The van der Waals surface area contributed by atoms with Crippen LogP contribution in [0.4, 0.5) is 10.7 Å². The molecule has 3 amide bonds. The fraction of sp³-hybridized carbons (Fsp3) is 0.333. The standard InChI is InChI=1S/C12H12N4O7/c1-2-22-11(18)7-14-9(17)6-15(12(14)19)13-5-8-3-4-10(23-8)16(20)21/h3-5H,2,6-7H2,1H3. The number of imide groups is 1. The van der Waals surface area contributed by atoms with Gasteiger partial charge in [-0.3, -0.25) is 19.7 Å². The summed E-state index contributed by atoms with van der Waals surface area (Å²) in [5, 5.41) is 15.0. The van der Waals surface area contributed by atoms with Crippen LogP contribution in [0.1, 0.15) is 12.7 Å². The molecule has 0 spiro atoms. The van der Waals surface area contributed by atoms with E-state index in [1.165, 1.54) is 6.07 Å². The van der Waals surface area contributed by atoms with Gasteiger partial charge in [-0.25, -0.2) is 14.7 Å². The van der Waals surface area contributed by atoms with E-state index in [4.69, 9.17) is 4.42 Å². The van der Waals surface area contributed by atoms with E-state index in [2.05, 4.69) is 9.84 Å². The quantitative estimate of drug-likeness (QED) is 0.242. The fourth-order valence-electron chi connectivity index (χ4n) is 1.75. The third kappa shape index (κ3) is 3.70. The van der Waals surface area contributed by atoms with E-state index in [9.17, 15) is 24.5 Å². The highest BCUT2D eigenvalue weighted by atomic mass is 16.6. The van der Waals surface area contributed by atoms with Crippen LogP contribution in [0, 0.1) is 10.1 Å². The van der Waals surface area contributed by atoms with E-state index in [1.807, 2.05) is 0 Å². The molecular formula is C12H12N4O7. The van der Waals surface area contributed by atoms with Crippen LogP contribution in [-0.4, -0.2) is 58.7 Å². The van der Waals surface area contributed by atoms with Crippen LogP contribution in [0.5, 0.6) is 0 Å². The number of carbonyl (C=O) groups is 3. The van der Waals surface area contributed by atoms with Crippen molar-refractivity contribution in [1.29, 1.82) is 0 Å². The maximum Gasteiger partial charge on any atom is 0.433 e. The molecule has 1 aromatic rings. The number of nitro groups is 1. The third-order valence-corrected chi connectivity index (χ3v) is 2.75. The molecule has 0 saturated carbocycles. The Bertz CT molecular complexity index is 681. The molecule has 0 N–H and O–H groups in total. The van der Waals surface area contributed by atoms with Crippen molar-refractivity contribution in [2.75, 3.05) is 19.7 Å². The molecule has 1 saturated heterocycles. The topological polar surface area (TPSA) is 136 Å². The van der Waals surface area contributed by atoms with Gasteiger partial charge in [0.1, 0.15) is 18.0 Å². The molecule has 11 heteroatoms. The van der Waals surface area contributed by atoms with Gasteiger partial charge in [0.2, 0.25) is 0 Å². The maximum atomic E-state index is 12.0. The zero-order chi connectivity index (χ0) is 17.0. The molecule has 0 bridgehead atoms. The molecule has 11 nitrogen and oxygen atoms in total. The highest BCUT2D eigenvalue weighted by molar-refractivity contribution is 6.04. The molecule has 0 radical (unpaired) electrons. The molecule has 1 aliphatic rings. The lowest BCUT2D eigenvalue weighted by atomic mass is 10.5. The molecule has 2 heterocycles. The van der Waals surface area contributed by atoms with Gasteiger partial charge in [0, 0.05) is 0 Å². The summed E-state index contributed by atoms with van der Waals surface area (Å²) in [5.74, 6) is -1.74. The molecule has 23 heavy (non-hydrogen) atoms. The molecule has 122 valence electrons. The van der Waals surface area contributed by atoms with Gasteiger partial charge in [0.05, 0.1) is 18.9 Å². The summed E-state index contributed by atoms with van der Waals surface area (Å²) in [6, 6.07) is 1.63. The highest BCUT2D eigenvalue weighted by Crippen LogP contribution is 2.15. The zero-order valence-corrected chi connectivity index (χ0v) is 12.0. The predicted molar refractivity (Wildman–Crippen MR) is 73.4 cm³/mol. The first kappa shape index (κ1) is 16.1. The SMILES string of the molecule is CCOC(=O)CN1C(=O)CN(N=Cc2ccc([N+](=O)[O-])o2)C1=O. The molecule has 0 aromatic carbocycles. The number of nitrogens with zero attached hydrogens (tertiary/aromatic N) is 4. The number of hydrogen-bond donors (Lipinski definition) is 0. The van der Waals surface area contributed by atoms with Gasteiger partial charge in [-0.15, -0.1) is 0 Å². The minimum atomic E-state index is -0.791. The number of amides is 3. The van der Waals surface area contributed by atoms with Crippen LogP contribution in [0.25, 0.3) is 0 Å². The van der Waals surface area contributed by atoms with Crippen molar-refractivity contribution in [1.82, 2.24) is 9.91 Å². The summed E-state index contributed by atoms with van der Waals surface area (Å²) in [6.45, 7) is 0.889. The Morgan fingerprint density at radius 2 is 2.26 bits per heavy atom. The van der Waals surface area contributed by atoms with Crippen LogP contribution < -0.4 is 0 Å². The fourth-order valence-corrected chi connectivity index (χ4v) is 1.75. The van der Waals surface area contributed by atoms with Crippen LogP contribution in [0.2, 0.25) is 0 Å². The second-order valence-electron chi connectivity index (χ2n) is 4.30. The van der Waals surface area contributed by atoms with Crippen molar-refractivity contribution in [3.63, 3.8) is 0 Å². The van der Waals surface area contributed by atoms with Crippen molar-refractivity contribution < 1.29 is 28.5 Å². The van der Waals surface area contributed by atoms with Gasteiger partial charge in [0.25, 0.3) is 5.91 Å². The molecule has 1 fully saturated rings. The number of urea groups is 1. The summed E-state index contributed by atoms with van der Waals surface area (Å²) in [4.78, 5) is 45.5. The second kappa shape index (κ2) is 6.68. The Balaban J connectivity index is 2.02. The molecule has 0 aliphatic carbocycles. The van der Waals surface area contributed by atoms with Gasteiger partial charge in [-0.1, -0.05) is 0 Å². The smallest absolute Gasteiger partial charge is 0.433 e. The van der Waals surface area contributed by atoms with E-state index < -0.39 is 35.3 Å². The third-order valence-electron chi connectivity index (χ3n) is 2.75. The van der Waals surface area contributed by atoms with Crippen molar-refractivity contribution in [2.45, 2.75) is 6.92 Å². The Labute approximate surface area is 129 Å². The average molecular weight is 324 g/mol. The van der Waals surface area contributed by atoms with Gasteiger partial charge in [-0.2, -0.15) is 5.10 Å². The molecular weight excluding hydrogens is 312 g/mol. The zero-order valence-electron chi connectivity index (χ0n) is 12.0. The number of hydrazone groups is 1. The summed E-state index contributed by atoms with van der Waals surface area (Å²) in [5.41, 5.74) is 0. The minimum absolute atomic E-state index is 0.0424. The minimum Gasteiger partial charge on any atom is -0.465 e. The molecule has 1 aliphatic heterocycles. The average Bonchev–Trinajstić information content (AvgIpc) is 3.06. The number of esters is 1. The van der Waals surface area contributed by atoms with Crippen molar-refractivity contribution >= 4 is 30.0 Å². The van der Waals surface area contributed by atoms with Gasteiger partial charge < -0.3 is 9.15 Å². The summed E-state index contributed by atoms with van der Waals surface area (Å²) in [7, 11) is 0. The van der Waals surface area contributed by atoms with Gasteiger partial charge >= 0.3 is 17.9 Å². The molecule has 0 unspecified atom stereocenters. The van der Waals surface area contributed by atoms with Crippen LogP contribution in [-0.2, 0) is 14.3 Å². The number of carbonyl (C=O) groups excluding carboxylic acids is 3. The number of hydrogen-bond acceptors (Lipinski definition) is 8. The van der Waals surface area contributed by atoms with Crippen LogP contribution in [0.3, 0.4) is 0 Å². The summed E-state index contributed by atoms with van der Waals surface area (Å²) >= 11 is 0. The molecule has 1 aromatic heterocycles. The predicted octanol–water partition coefficient (Wildman–Crippen LogP) is 0.349. The maximum absolute atomic E-state index is 12.0. The van der Waals surface area contributed by atoms with Crippen molar-refractivity contribution in [2.24, 2.45) is 5.10 Å². The van der Waals surface area contributed by atoms with Crippen LogP contribution >= 0.6 is 0 Å². The summed E-state index contributed by atoms with van der Waals surface area (Å²) < 4.78 is 9.50. The largest absolute Gasteiger partial charge is 0.465 e. The lowest BCUT2D eigenvalue weighted by Gasteiger charge is -2.12. The van der Waals surface area contributed by atoms with Crippen molar-refractivity contribution in [3.05, 3.63) is 28.0 Å². The Kier molecular flexibility index (Phi) is 4.69. The normalized spacial score (nSPS) is 14.8. The number of rotatable bonds is 6. The molecule has 0 atom stereocenters. The highest BCUT2D eigenvalue weighted by Gasteiger charge is 2.37. The van der Waals surface area contributed by atoms with E-state index in [0.29, 0.717) is 4.90 Å². The first-order chi connectivity index (χ1) is 10.9. The van der Waals surface area contributed by atoms with E-state index in [1.54, 1.807) is 6.92 Å². The number of furan rings is 1. The van der Waals surface area contributed by atoms with E-state index >= 15 is 0 Å². The molecule has 2 rings (SSSR count). The van der Waals surface area contributed by atoms with Gasteiger partial charge in [0.15, 0.2) is 5.76 Å². The lowest BCUT2D eigenvalue weighted by Crippen LogP contribution is -2.36. The number of ether oxygens (including phenoxy) is 1. The Hall–Kier alpha value is -3.24. The summed E-state index contributed by atoms with van der Waals surface area (Å²) in [6.07, 6.45) is 1.06. The van der Waals surface area contributed by atoms with Crippen molar-refractivity contribution in [3.8, 4) is 0 Å². The van der Waals surface area contributed by atoms with E-state index in [-0.39, 0.29) is 18.9 Å². The van der Waals surface area contributed by atoms with E-state index in [0.717, 1.165) is 17.3 Å². The van der Waals surface area contributed by atoms with Crippen LogP contribution in [0.15, 0.2) is 21.7 Å². The van der Waals surface area contributed by atoms with Gasteiger partial charge in [-0.05, 0) is 13.0 Å². The monoisotopic (exact) mass is 324 g/mol. The Morgan fingerprint density at radius 1 is 1.52 bits per heavy atom.